The van der Waals surface area contributed by atoms with E-state index >= 15 is 0 Å². The summed E-state index contributed by atoms with van der Waals surface area (Å²) < 4.78 is 3.32. The predicted molar refractivity (Wildman–Crippen MR) is 114 cm³/mol. The number of carbonyl (C=O) groups is 1. The van der Waals surface area contributed by atoms with Crippen LogP contribution in [-0.4, -0.2) is 25.2 Å². The van der Waals surface area contributed by atoms with Crippen molar-refractivity contribution in [1.29, 1.82) is 0 Å². The molecule has 0 bridgehead atoms. The molecule has 1 amide bonds. The average molecular weight is 401 g/mol. The second-order valence-corrected chi connectivity index (χ2v) is 6.93. The van der Waals surface area contributed by atoms with E-state index in [0.717, 1.165) is 11.3 Å². The molecule has 0 unspecified atom stereocenters. The van der Waals surface area contributed by atoms with Gasteiger partial charge in [-0.2, -0.15) is 5.10 Å². The molecule has 0 aliphatic heterocycles. The van der Waals surface area contributed by atoms with Gasteiger partial charge < -0.3 is 9.88 Å². The first-order valence-electron chi connectivity index (χ1n) is 9.27. The third-order valence-electron chi connectivity index (χ3n) is 4.74. The van der Waals surface area contributed by atoms with Crippen molar-refractivity contribution in [1.82, 2.24) is 14.3 Å². The van der Waals surface area contributed by atoms with Crippen molar-refractivity contribution in [3.63, 3.8) is 0 Å². The molecule has 0 aliphatic rings. The van der Waals surface area contributed by atoms with E-state index in [1.165, 1.54) is 16.8 Å². The van der Waals surface area contributed by atoms with E-state index in [2.05, 4.69) is 10.4 Å². The fourth-order valence-electron chi connectivity index (χ4n) is 3.16. The number of non-ortho nitro benzene ring substituents is 1. The highest BCUT2D eigenvalue weighted by atomic mass is 16.6. The molecular formula is C22H19N5O3. The smallest absolute Gasteiger partial charge is 0.274 e. The molecule has 0 atom stereocenters. The molecule has 0 radical (unpaired) electrons. The summed E-state index contributed by atoms with van der Waals surface area (Å²) in [6, 6.07) is 18.9. The summed E-state index contributed by atoms with van der Waals surface area (Å²) in [5.74, 6) is -0.363. The minimum Gasteiger partial charge on any atom is -0.349 e. The van der Waals surface area contributed by atoms with Gasteiger partial charge in [-0.1, -0.05) is 23.8 Å². The molecule has 8 nitrogen and oxygen atoms in total. The standard InChI is InChI=1S/C22H19N5O3/c1-15-8-10-16(11-9-15)23-22(28)21-14-19(20-7-4-12-25(20)2)24-26(21)17-5-3-6-18(13-17)27(29)30/h3-14H,1-2H3,(H,23,28). The number of anilines is 1. The first-order chi connectivity index (χ1) is 14.4. The number of benzene rings is 2. The van der Waals surface area contributed by atoms with E-state index in [1.54, 1.807) is 18.2 Å². The Morgan fingerprint density at radius 1 is 1.07 bits per heavy atom. The molecule has 4 rings (SSSR count). The zero-order valence-electron chi connectivity index (χ0n) is 16.4. The highest BCUT2D eigenvalue weighted by Crippen LogP contribution is 2.24. The lowest BCUT2D eigenvalue weighted by molar-refractivity contribution is -0.384. The molecule has 2 heterocycles. The van der Waals surface area contributed by atoms with Crippen molar-refractivity contribution in [3.8, 4) is 17.1 Å². The number of rotatable bonds is 5. The van der Waals surface area contributed by atoms with Gasteiger partial charge in [0.2, 0.25) is 0 Å². The van der Waals surface area contributed by atoms with Gasteiger partial charge in [-0.25, -0.2) is 4.68 Å². The van der Waals surface area contributed by atoms with Crippen LogP contribution in [0.15, 0.2) is 72.9 Å². The van der Waals surface area contributed by atoms with Crippen LogP contribution in [0, 0.1) is 17.0 Å². The van der Waals surface area contributed by atoms with E-state index in [0.29, 0.717) is 17.1 Å². The Morgan fingerprint density at radius 2 is 1.83 bits per heavy atom. The SMILES string of the molecule is Cc1ccc(NC(=O)c2cc(-c3cccn3C)nn2-c2cccc([N+](=O)[O-])c2)cc1. The molecule has 1 N–H and O–H groups in total. The summed E-state index contributed by atoms with van der Waals surface area (Å²) in [4.78, 5) is 23.8. The quantitative estimate of drug-likeness (QED) is 0.397. The van der Waals surface area contributed by atoms with Gasteiger partial charge in [0.15, 0.2) is 0 Å². The highest BCUT2D eigenvalue weighted by molar-refractivity contribution is 6.04. The molecule has 0 fully saturated rings. The fourth-order valence-corrected chi connectivity index (χ4v) is 3.16. The number of hydrogen-bond acceptors (Lipinski definition) is 4. The van der Waals surface area contributed by atoms with Gasteiger partial charge in [0, 0.05) is 31.1 Å². The highest BCUT2D eigenvalue weighted by Gasteiger charge is 2.20. The molecule has 0 saturated heterocycles. The number of carbonyl (C=O) groups excluding carboxylic acids is 1. The predicted octanol–water partition coefficient (Wildman–Crippen LogP) is 4.35. The van der Waals surface area contributed by atoms with Crippen molar-refractivity contribution >= 4 is 17.3 Å². The van der Waals surface area contributed by atoms with Crippen LogP contribution < -0.4 is 5.32 Å². The Kier molecular flexibility index (Phi) is 4.89. The Morgan fingerprint density at radius 3 is 2.50 bits per heavy atom. The van der Waals surface area contributed by atoms with Gasteiger partial charge in [0.05, 0.1) is 16.3 Å². The van der Waals surface area contributed by atoms with Gasteiger partial charge in [-0.3, -0.25) is 14.9 Å². The summed E-state index contributed by atoms with van der Waals surface area (Å²) in [5, 5.41) is 18.6. The van der Waals surface area contributed by atoms with Crippen molar-refractivity contribution < 1.29 is 9.72 Å². The van der Waals surface area contributed by atoms with E-state index in [1.807, 2.05) is 61.1 Å². The normalized spacial score (nSPS) is 10.7. The number of aryl methyl sites for hydroxylation is 2. The van der Waals surface area contributed by atoms with Crippen LogP contribution in [0.1, 0.15) is 16.1 Å². The zero-order valence-corrected chi connectivity index (χ0v) is 16.4. The van der Waals surface area contributed by atoms with Crippen molar-refractivity contribution in [2.45, 2.75) is 6.92 Å². The summed E-state index contributed by atoms with van der Waals surface area (Å²) in [7, 11) is 1.88. The second kappa shape index (κ2) is 7.67. The second-order valence-electron chi connectivity index (χ2n) is 6.93. The fraction of sp³-hybridized carbons (Fsp3) is 0.0909. The number of nitrogens with zero attached hydrogens (tertiary/aromatic N) is 4. The summed E-state index contributed by atoms with van der Waals surface area (Å²) in [6.45, 7) is 1.97. The van der Waals surface area contributed by atoms with Crippen LogP contribution in [-0.2, 0) is 7.05 Å². The van der Waals surface area contributed by atoms with Crippen molar-refractivity contribution in [3.05, 3.63) is 94.3 Å². The maximum atomic E-state index is 13.1. The van der Waals surface area contributed by atoms with Crippen LogP contribution in [0.2, 0.25) is 0 Å². The summed E-state index contributed by atoms with van der Waals surface area (Å²) >= 11 is 0. The summed E-state index contributed by atoms with van der Waals surface area (Å²) in [5.41, 5.74) is 3.77. The van der Waals surface area contributed by atoms with Crippen molar-refractivity contribution in [2.24, 2.45) is 7.05 Å². The monoisotopic (exact) mass is 401 g/mol. The van der Waals surface area contributed by atoms with Gasteiger partial charge in [-0.05, 0) is 43.3 Å². The molecule has 0 aliphatic carbocycles. The van der Waals surface area contributed by atoms with Crippen LogP contribution in [0.25, 0.3) is 17.1 Å². The number of nitro benzene ring substituents is 1. The van der Waals surface area contributed by atoms with Crippen LogP contribution >= 0.6 is 0 Å². The summed E-state index contributed by atoms with van der Waals surface area (Å²) in [6.07, 6.45) is 1.88. The number of hydrogen-bond donors (Lipinski definition) is 1. The average Bonchev–Trinajstić information content (AvgIpc) is 3.36. The molecule has 150 valence electrons. The van der Waals surface area contributed by atoms with Crippen LogP contribution in [0.3, 0.4) is 0 Å². The van der Waals surface area contributed by atoms with Gasteiger partial charge in [0.25, 0.3) is 11.6 Å². The topological polar surface area (TPSA) is 95.0 Å². The van der Waals surface area contributed by atoms with Gasteiger partial charge in [0.1, 0.15) is 11.4 Å². The van der Waals surface area contributed by atoms with E-state index in [-0.39, 0.29) is 17.3 Å². The largest absolute Gasteiger partial charge is 0.349 e. The maximum Gasteiger partial charge on any atom is 0.274 e. The minimum atomic E-state index is -0.475. The van der Waals surface area contributed by atoms with E-state index in [9.17, 15) is 14.9 Å². The van der Waals surface area contributed by atoms with E-state index < -0.39 is 4.92 Å². The van der Waals surface area contributed by atoms with E-state index in [4.69, 9.17) is 0 Å². The molecule has 0 spiro atoms. The van der Waals surface area contributed by atoms with Crippen molar-refractivity contribution in [2.75, 3.05) is 5.32 Å². The Labute approximate surface area is 172 Å². The third kappa shape index (κ3) is 3.70. The molecular weight excluding hydrogens is 382 g/mol. The first kappa shape index (κ1) is 19.1. The maximum absolute atomic E-state index is 13.1. The lowest BCUT2D eigenvalue weighted by Gasteiger charge is -2.08. The molecule has 2 aromatic heterocycles. The zero-order chi connectivity index (χ0) is 21.3. The molecule has 30 heavy (non-hydrogen) atoms. The number of nitro groups is 1. The minimum absolute atomic E-state index is 0.0756. The van der Waals surface area contributed by atoms with Crippen LogP contribution in [0.5, 0.6) is 0 Å². The Balaban J connectivity index is 1.79. The lowest BCUT2D eigenvalue weighted by atomic mass is 10.2. The third-order valence-corrected chi connectivity index (χ3v) is 4.74. The van der Waals surface area contributed by atoms with Gasteiger partial charge >= 0.3 is 0 Å². The Hall–Kier alpha value is -4.20. The first-order valence-corrected chi connectivity index (χ1v) is 9.27. The number of aromatic nitrogens is 3. The number of amides is 1. The molecule has 8 heteroatoms. The molecule has 2 aromatic carbocycles. The number of nitrogens with one attached hydrogen (secondary N) is 1. The molecule has 0 saturated carbocycles. The Bertz CT molecular complexity index is 1240. The van der Waals surface area contributed by atoms with Crippen LogP contribution in [0.4, 0.5) is 11.4 Å². The van der Waals surface area contributed by atoms with Gasteiger partial charge in [-0.15, -0.1) is 0 Å². The lowest BCUT2D eigenvalue weighted by Crippen LogP contribution is -2.17. The molecule has 4 aromatic rings.